The van der Waals surface area contributed by atoms with E-state index in [2.05, 4.69) is 22.2 Å². The summed E-state index contributed by atoms with van der Waals surface area (Å²) in [6.45, 7) is 4.61. The Morgan fingerprint density at radius 3 is 2.71 bits per heavy atom. The summed E-state index contributed by atoms with van der Waals surface area (Å²) in [5.41, 5.74) is 1.11. The Hall–Kier alpha value is -2.69. The van der Waals surface area contributed by atoms with E-state index >= 15 is 0 Å². The molecule has 0 unspecified atom stereocenters. The molecule has 3 rings (SSSR count). The van der Waals surface area contributed by atoms with Crippen molar-refractivity contribution in [1.29, 1.82) is 0 Å². The van der Waals surface area contributed by atoms with Gasteiger partial charge in [0.1, 0.15) is 11.6 Å². The highest BCUT2D eigenvalue weighted by Crippen LogP contribution is 2.48. The summed E-state index contributed by atoms with van der Waals surface area (Å²) < 4.78 is 14.0. The third-order valence-electron chi connectivity index (χ3n) is 4.34. The van der Waals surface area contributed by atoms with Crippen molar-refractivity contribution in [3.63, 3.8) is 0 Å². The molecule has 1 saturated carbocycles. The second-order valence-corrected chi connectivity index (χ2v) is 6.04. The van der Waals surface area contributed by atoms with Gasteiger partial charge in [0.15, 0.2) is 0 Å². The minimum Gasteiger partial charge on any atom is -0.369 e. The van der Waals surface area contributed by atoms with Gasteiger partial charge in [0.05, 0.1) is 5.56 Å². The summed E-state index contributed by atoms with van der Waals surface area (Å²) >= 11 is 0. The van der Waals surface area contributed by atoms with E-state index < -0.39 is 0 Å². The number of pyridine rings is 1. The monoisotopic (exact) mass is 325 g/mol. The summed E-state index contributed by atoms with van der Waals surface area (Å²) in [4.78, 5) is 16.1. The lowest BCUT2D eigenvalue weighted by molar-refractivity contribution is 0.0957. The number of anilines is 1. The van der Waals surface area contributed by atoms with Crippen LogP contribution in [0.3, 0.4) is 0 Å². The van der Waals surface area contributed by atoms with Gasteiger partial charge in [-0.2, -0.15) is 0 Å². The van der Waals surface area contributed by atoms with Crippen molar-refractivity contribution < 1.29 is 9.18 Å². The molecule has 0 aliphatic heterocycles. The van der Waals surface area contributed by atoms with Crippen LogP contribution in [0.5, 0.6) is 0 Å². The van der Waals surface area contributed by atoms with Crippen LogP contribution in [0.4, 0.5) is 10.2 Å². The Kier molecular flexibility index (Phi) is 4.60. The molecule has 0 saturated heterocycles. The Labute approximate surface area is 140 Å². The molecule has 124 valence electrons. The summed E-state index contributed by atoms with van der Waals surface area (Å²) in [5.74, 6) is 0.343. The van der Waals surface area contributed by atoms with Crippen LogP contribution in [0.25, 0.3) is 0 Å². The fourth-order valence-electron chi connectivity index (χ4n) is 2.74. The Morgan fingerprint density at radius 2 is 2.08 bits per heavy atom. The lowest BCUT2D eigenvalue weighted by atomic mass is 9.95. The van der Waals surface area contributed by atoms with E-state index in [1.54, 1.807) is 24.3 Å². The predicted octanol–water partition coefficient (Wildman–Crippen LogP) is 3.28. The quantitative estimate of drug-likeness (QED) is 0.768. The zero-order valence-corrected chi connectivity index (χ0v) is 13.4. The first-order valence-electron chi connectivity index (χ1n) is 7.99. The van der Waals surface area contributed by atoms with Crippen LogP contribution in [0.15, 0.2) is 55.3 Å². The molecule has 0 radical (unpaired) electrons. The lowest BCUT2D eigenvalue weighted by Crippen LogP contribution is -2.24. The van der Waals surface area contributed by atoms with Crippen molar-refractivity contribution in [1.82, 2.24) is 10.3 Å². The molecule has 1 aromatic heterocycles. The molecule has 1 amide bonds. The molecule has 2 aromatic rings. The number of halogens is 1. The normalized spacial score (nSPS) is 14.7. The van der Waals surface area contributed by atoms with Gasteiger partial charge in [-0.3, -0.25) is 4.79 Å². The van der Waals surface area contributed by atoms with Crippen LogP contribution in [0, 0.1) is 5.82 Å². The van der Waals surface area contributed by atoms with E-state index in [9.17, 15) is 9.18 Å². The van der Waals surface area contributed by atoms with Gasteiger partial charge in [-0.1, -0.05) is 24.3 Å². The minimum absolute atomic E-state index is 0.146. The van der Waals surface area contributed by atoms with Crippen LogP contribution in [-0.2, 0) is 5.41 Å². The second kappa shape index (κ2) is 6.83. The summed E-state index contributed by atoms with van der Waals surface area (Å²) in [6.07, 6.45) is 5.08. The number of amides is 1. The molecule has 1 heterocycles. The molecule has 1 aromatic carbocycles. The van der Waals surface area contributed by atoms with E-state index in [-0.39, 0.29) is 17.1 Å². The smallest absolute Gasteiger partial charge is 0.253 e. The van der Waals surface area contributed by atoms with Gasteiger partial charge in [0, 0.05) is 24.7 Å². The van der Waals surface area contributed by atoms with Crippen molar-refractivity contribution in [2.45, 2.75) is 18.3 Å². The second-order valence-electron chi connectivity index (χ2n) is 6.04. The van der Waals surface area contributed by atoms with Gasteiger partial charge in [0.25, 0.3) is 5.91 Å². The summed E-state index contributed by atoms with van der Waals surface area (Å²) in [6, 6.07) is 10.4. The molecular weight excluding hydrogens is 305 g/mol. The summed E-state index contributed by atoms with van der Waals surface area (Å²) in [7, 11) is 0. The molecule has 2 N–H and O–H groups in total. The van der Waals surface area contributed by atoms with Gasteiger partial charge in [-0.05, 0) is 36.6 Å². The number of hydrogen-bond donors (Lipinski definition) is 2. The molecule has 0 bridgehead atoms. The van der Waals surface area contributed by atoms with Gasteiger partial charge >= 0.3 is 0 Å². The molecule has 0 spiro atoms. The molecule has 24 heavy (non-hydrogen) atoms. The molecule has 5 heteroatoms. The molecule has 1 aliphatic carbocycles. The van der Waals surface area contributed by atoms with Gasteiger partial charge in [0.2, 0.25) is 0 Å². The van der Waals surface area contributed by atoms with Crippen molar-refractivity contribution in [3.05, 3.63) is 72.2 Å². The van der Waals surface area contributed by atoms with Crippen LogP contribution in [0.1, 0.15) is 28.8 Å². The van der Waals surface area contributed by atoms with E-state index in [4.69, 9.17) is 0 Å². The number of benzene rings is 1. The average Bonchev–Trinajstić information content (AvgIpc) is 3.40. The van der Waals surface area contributed by atoms with Gasteiger partial charge < -0.3 is 10.6 Å². The molecule has 0 atom stereocenters. The van der Waals surface area contributed by atoms with Crippen molar-refractivity contribution in [3.8, 4) is 0 Å². The molecule has 1 aliphatic rings. The van der Waals surface area contributed by atoms with Crippen molar-refractivity contribution in [2.24, 2.45) is 0 Å². The molecule has 4 nitrogen and oxygen atoms in total. The van der Waals surface area contributed by atoms with E-state index in [0.717, 1.165) is 18.4 Å². The van der Waals surface area contributed by atoms with E-state index in [1.165, 1.54) is 12.3 Å². The largest absolute Gasteiger partial charge is 0.369 e. The first kappa shape index (κ1) is 16.2. The Bertz CT molecular complexity index is 739. The van der Waals surface area contributed by atoms with Crippen LogP contribution < -0.4 is 10.6 Å². The number of aromatic nitrogens is 1. The zero-order valence-electron chi connectivity index (χ0n) is 13.4. The fraction of sp³-hybridized carbons (Fsp3) is 0.263. The average molecular weight is 325 g/mol. The number of nitrogens with one attached hydrogen (secondary N) is 2. The minimum atomic E-state index is -0.182. The summed E-state index contributed by atoms with van der Waals surface area (Å²) in [5, 5.41) is 5.96. The lowest BCUT2D eigenvalue weighted by Gasteiger charge is -2.17. The Balaban J connectivity index is 1.62. The topological polar surface area (TPSA) is 54.0 Å². The third kappa shape index (κ3) is 3.45. The van der Waals surface area contributed by atoms with Crippen molar-refractivity contribution in [2.75, 3.05) is 18.4 Å². The molecule has 1 fully saturated rings. The standard InChI is InChI=1S/C19H20FN3O/c1-2-11-21-18(24)14-7-8-17(22-12-14)23-13-19(9-10-19)15-5-3-4-6-16(15)20/h2-8,12H,1,9-11,13H2,(H,21,24)(H,22,23). The van der Waals surface area contributed by atoms with Gasteiger partial charge in [-0.15, -0.1) is 6.58 Å². The molecular formula is C19H20FN3O. The van der Waals surface area contributed by atoms with Crippen LogP contribution in [-0.4, -0.2) is 24.0 Å². The SMILES string of the molecule is C=CCNC(=O)c1ccc(NCC2(c3ccccc3F)CC2)nc1. The Morgan fingerprint density at radius 1 is 1.29 bits per heavy atom. The first-order valence-corrected chi connectivity index (χ1v) is 7.99. The maximum absolute atomic E-state index is 14.0. The fourth-order valence-corrected chi connectivity index (χ4v) is 2.74. The number of carbonyl (C=O) groups excluding carboxylic acids is 1. The highest BCUT2D eigenvalue weighted by Gasteiger charge is 2.45. The number of rotatable bonds is 7. The van der Waals surface area contributed by atoms with Crippen LogP contribution >= 0.6 is 0 Å². The number of hydrogen-bond acceptors (Lipinski definition) is 3. The first-order chi connectivity index (χ1) is 11.6. The number of nitrogens with zero attached hydrogens (tertiary/aromatic N) is 1. The highest BCUT2D eigenvalue weighted by atomic mass is 19.1. The predicted molar refractivity (Wildman–Crippen MR) is 92.6 cm³/mol. The van der Waals surface area contributed by atoms with Crippen LogP contribution in [0.2, 0.25) is 0 Å². The third-order valence-corrected chi connectivity index (χ3v) is 4.34. The maximum Gasteiger partial charge on any atom is 0.253 e. The highest BCUT2D eigenvalue weighted by molar-refractivity contribution is 5.94. The number of carbonyl (C=O) groups is 1. The van der Waals surface area contributed by atoms with E-state index in [0.29, 0.717) is 24.5 Å². The maximum atomic E-state index is 14.0. The van der Waals surface area contributed by atoms with Crippen molar-refractivity contribution >= 4 is 11.7 Å². The zero-order chi connectivity index (χ0) is 17.0. The van der Waals surface area contributed by atoms with E-state index in [1.807, 2.05) is 12.1 Å². The van der Waals surface area contributed by atoms with Gasteiger partial charge in [-0.25, -0.2) is 9.37 Å².